The van der Waals surface area contributed by atoms with Crippen LogP contribution in [0.1, 0.15) is 38.4 Å². The summed E-state index contributed by atoms with van der Waals surface area (Å²) in [5, 5.41) is 2.94. The lowest BCUT2D eigenvalue weighted by Gasteiger charge is -2.43. The highest BCUT2D eigenvalue weighted by Crippen LogP contribution is 2.35. The Morgan fingerprint density at radius 2 is 2.16 bits per heavy atom. The van der Waals surface area contributed by atoms with E-state index in [4.69, 9.17) is 4.42 Å². The molecule has 1 saturated heterocycles. The van der Waals surface area contributed by atoms with Gasteiger partial charge < -0.3 is 14.6 Å². The molecule has 2 aliphatic rings. The number of carbonyl (C=O) groups excluding carboxylic acids is 2. The summed E-state index contributed by atoms with van der Waals surface area (Å²) in [5.74, 6) is 0.685. The first-order chi connectivity index (χ1) is 9.12. The van der Waals surface area contributed by atoms with Crippen LogP contribution in [0.5, 0.6) is 0 Å². The van der Waals surface area contributed by atoms with E-state index in [1.54, 1.807) is 24.2 Å². The average molecular weight is 262 g/mol. The Bertz CT molecular complexity index is 489. The smallest absolute Gasteiger partial charge is 0.249 e. The summed E-state index contributed by atoms with van der Waals surface area (Å²) in [6.45, 7) is 2.13. The Morgan fingerprint density at radius 3 is 2.79 bits per heavy atom. The number of nitrogens with one attached hydrogen (secondary N) is 1. The van der Waals surface area contributed by atoms with E-state index in [0.717, 1.165) is 25.7 Å². The second-order valence-corrected chi connectivity index (χ2v) is 5.47. The Morgan fingerprint density at radius 1 is 1.42 bits per heavy atom. The lowest BCUT2D eigenvalue weighted by Crippen LogP contribution is -2.68. The molecule has 1 aliphatic heterocycles. The largest absolute Gasteiger partial charge is 0.467 e. The molecule has 19 heavy (non-hydrogen) atoms. The fourth-order valence-electron chi connectivity index (χ4n) is 3.08. The molecule has 0 aromatic carbocycles. The van der Waals surface area contributed by atoms with E-state index in [-0.39, 0.29) is 11.8 Å². The van der Waals surface area contributed by atoms with Crippen LogP contribution in [0.3, 0.4) is 0 Å². The van der Waals surface area contributed by atoms with Crippen molar-refractivity contribution in [3.05, 3.63) is 24.2 Å². The molecule has 1 spiro atoms. The Hall–Kier alpha value is -1.78. The van der Waals surface area contributed by atoms with Gasteiger partial charge in [-0.1, -0.05) is 12.8 Å². The van der Waals surface area contributed by atoms with Crippen LogP contribution in [0.15, 0.2) is 22.8 Å². The molecule has 2 fully saturated rings. The molecule has 3 rings (SSSR count). The van der Waals surface area contributed by atoms with Gasteiger partial charge in [-0.15, -0.1) is 0 Å². The fourth-order valence-corrected chi connectivity index (χ4v) is 3.08. The van der Waals surface area contributed by atoms with Gasteiger partial charge in [0, 0.05) is 0 Å². The summed E-state index contributed by atoms with van der Waals surface area (Å²) in [7, 11) is 0. The molecule has 1 unspecified atom stereocenters. The first kappa shape index (κ1) is 12.3. The van der Waals surface area contributed by atoms with Crippen molar-refractivity contribution in [3.63, 3.8) is 0 Å². The van der Waals surface area contributed by atoms with Crippen molar-refractivity contribution in [1.29, 1.82) is 0 Å². The van der Waals surface area contributed by atoms with Gasteiger partial charge in [0.15, 0.2) is 0 Å². The number of carbonyl (C=O) groups is 2. The first-order valence-electron chi connectivity index (χ1n) is 6.78. The highest BCUT2D eigenvalue weighted by Gasteiger charge is 2.50. The Balaban J connectivity index is 1.87. The molecule has 1 aromatic heterocycles. The molecule has 102 valence electrons. The van der Waals surface area contributed by atoms with Gasteiger partial charge in [-0.3, -0.25) is 9.59 Å². The van der Waals surface area contributed by atoms with E-state index >= 15 is 0 Å². The molecular formula is C14H18N2O3. The zero-order valence-corrected chi connectivity index (χ0v) is 11.0. The van der Waals surface area contributed by atoms with Gasteiger partial charge in [0.25, 0.3) is 0 Å². The van der Waals surface area contributed by atoms with Gasteiger partial charge in [-0.2, -0.15) is 0 Å². The number of hydrogen-bond donors (Lipinski definition) is 1. The zero-order chi connectivity index (χ0) is 13.5. The van der Waals surface area contributed by atoms with Crippen LogP contribution in [-0.4, -0.2) is 28.3 Å². The van der Waals surface area contributed by atoms with Crippen LogP contribution in [0.25, 0.3) is 0 Å². The summed E-state index contributed by atoms with van der Waals surface area (Å²) in [5.41, 5.74) is -0.657. The van der Waals surface area contributed by atoms with E-state index in [9.17, 15) is 9.59 Å². The summed E-state index contributed by atoms with van der Waals surface area (Å²) in [6, 6.07) is 3.18. The molecule has 1 aromatic rings. The number of hydrogen-bond acceptors (Lipinski definition) is 3. The van der Waals surface area contributed by atoms with Gasteiger partial charge in [-0.05, 0) is 31.9 Å². The van der Waals surface area contributed by atoms with Gasteiger partial charge in [-0.25, -0.2) is 0 Å². The molecule has 2 amide bonds. The molecule has 1 atom stereocenters. The zero-order valence-electron chi connectivity index (χ0n) is 11.0. The number of nitrogens with zero attached hydrogens (tertiary/aromatic N) is 1. The lowest BCUT2D eigenvalue weighted by atomic mass is 9.91. The summed E-state index contributed by atoms with van der Waals surface area (Å²) in [4.78, 5) is 26.4. The molecule has 1 aliphatic carbocycles. The molecule has 2 heterocycles. The summed E-state index contributed by atoms with van der Waals surface area (Å²) >= 11 is 0. The standard InChI is InChI=1S/C14H18N2O3/c1-10-12(17)15-14(6-2-3-7-14)13(18)16(10)9-11-5-4-8-19-11/h4-5,8,10H,2-3,6-7,9H2,1H3,(H,15,17). The highest BCUT2D eigenvalue weighted by atomic mass is 16.3. The molecule has 1 N–H and O–H groups in total. The predicted octanol–water partition coefficient (Wildman–Crippen LogP) is 1.44. The van der Waals surface area contributed by atoms with Crippen molar-refractivity contribution < 1.29 is 14.0 Å². The van der Waals surface area contributed by atoms with Crippen molar-refractivity contribution in [3.8, 4) is 0 Å². The third-order valence-corrected chi connectivity index (χ3v) is 4.24. The van der Waals surface area contributed by atoms with Crippen molar-refractivity contribution >= 4 is 11.8 Å². The molecule has 0 bridgehead atoms. The quantitative estimate of drug-likeness (QED) is 0.877. The molecule has 5 nitrogen and oxygen atoms in total. The summed E-state index contributed by atoms with van der Waals surface area (Å²) < 4.78 is 5.29. The molecular weight excluding hydrogens is 244 g/mol. The second-order valence-electron chi connectivity index (χ2n) is 5.47. The minimum absolute atomic E-state index is 0.0356. The maximum Gasteiger partial charge on any atom is 0.249 e. The van der Waals surface area contributed by atoms with Crippen LogP contribution in [-0.2, 0) is 16.1 Å². The van der Waals surface area contributed by atoms with Crippen LogP contribution >= 0.6 is 0 Å². The molecule has 1 saturated carbocycles. The highest BCUT2D eigenvalue weighted by molar-refractivity contribution is 5.99. The fraction of sp³-hybridized carbons (Fsp3) is 0.571. The van der Waals surface area contributed by atoms with Gasteiger partial charge in [0.1, 0.15) is 17.3 Å². The van der Waals surface area contributed by atoms with Crippen LogP contribution in [0.4, 0.5) is 0 Å². The number of rotatable bonds is 2. The van der Waals surface area contributed by atoms with Crippen LogP contribution in [0.2, 0.25) is 0 Å². The third kappa shape index (κ3) is 1.93. The minimum Gasteiger partial charge on any atom is -0.467 e. The van der Waals surface area contributed by atoms with E-state index in [0.29, 0.717) is 12.3 Å². The van der Waals surface area contributed by atoms with Gasteiger partial charge in [0.05, 0.1) is 12.8 Å². The van der Waals surface area contributed by atoms with Crippen LogP contribution in [0, 0.1) is 0 Å². The Kier molecular flexibility index (Phi) is 2.84. The maximum atomic E-state index is 12.7. The number of amides is 2. The maximum absolute atomic E-state index is 12.7. The predicted molar refractivity (Wildman–Crippen MR) is 68.1 cm³/mol. The van der Waals surface area contributed by atoms with Crippen molar-refractivity contribution in [2.24, 2.45) is 0 Å². The van der Waals surface area contributed by atoms with Crippen molar-refractivity contribution in [1.82, 2.24) is 10.2 Å². The number of piperazine rings is 1. The Labute approximate surface area is 111 Å². The van der Waals surface area contributed by atoms with Crippen molar-refractivity contribution in [2.45, 2.75) is 50.7 Å². The normalized spacial score (nSPS) is 25.9. The van der Waals surface area contributed by atoms with Gasteiger partial charge >= 0.3 is 0 Å². The molecule has 5 heteroatoms. The van der Waals surface area contributed by atoms with Gasteiger partial charge in [0.2, 0.25) is 11.8 Å². The van der Waals surface area contributed by atoms with E-state index in [1.807, 2.05) is 6.07 Å². The SMILES string of the molecule is CC1C(=O)NC2(CCCC2)C(=O)N1Cc1ccco1. The van der Waals surface area contributed by atoms with E-state index in [1.165, 1.54) is 0 Å². The lowest BCUT2D eigenvalue weighted by molar-refractivity contribution is -0.155. The molecule has 0 radical (unpaired) electrons. The van der Waals surface area contributed by atoms with E-state index in [2.05, 4.69) is 5.32 Å². The summed E-state index contributed by atoms with van der Waals surface area (Å²) in [6.07, 6.45) is 5.07. The monoisotopic (exact) mass is 262 g/mol. The van der Waals surface area contributed by atoms with Crippen LogP contribution < -0.4 is 5.32 Å². The first-order valence-corrected chi connectivity index (χ1v) is 6.78. The third-order valence-electron chi connectivity index (χ3n) is 4.24. The average Bonchev–Trinajstić information content (AvgIpc) is 3.04. The second kappa shape index (κ2) is 4.40. The van der Waals surface area contributed by atoms with Crippen molar-refractivity contribution in [2.75, 3.05) is 0 Å². The van der Waals surface area contributed by atoms with E-state index < -0.39 is 11.6 Å². The minimum atomic E-state index is -0.657. The number of furan rings is 1. The topological polar surface area (TPSA) is 62.6 Å².